The molecule has 0 aromatic rings. The van der Waals surface area contributed by atoms with Crippen molar-refractivity contribution >= 4 is 0 Å². The summed E-state index contributed by atoms with van der Waals surface area (Å²) in [6.07, 6.45) is 5.04. The highest BCUT2D eigenvalue weighted by Gasteiger charge is 2.20. The number of piperazine rings is 1. The molecule has 0 amide bonds. The number of hydrogen-bond donors (Lipinski definition) is 1. The van der Waals surface area contributed by atoms with Crippen molar-refractivity contribution in [2.45, 2.75) is 44.8 Å². The molecule has 1 saturated carbocycles. The Kier molecular flexibility index (Phi) is 5.89. The second kappa shape index (κ2) is 7.43. The third kappa shape index (κ3) is 4.50. The molecule has 1 saturated heterocycles. The van der Waals surface area contributed by atoms with Crippen molar-refractivity contribution in [3.63, 3.8) is 0 Å². The smallest absolute Gasteiger partial charge is 0.0900 e. The predicted octanol–water partition coefficient (Wildman–Crippen LogP) is 0.944. The summed E-state index contributed by atoms with van der Waals surface area (Å²) < 4.78 is 5.76. The molecule has 0 radical (unpaired) electrons. The molecular weight excluding hydrogens is 228 g/mol. The fraction of sp³-hybridized carbons (Fsp3) is 1.00. The van der Waals surface area contributed by atoms with E-state index in [-0.39, 0.29) is 6.10 Å². The van der Waals surface area contributed by atoms with Crippen LogP contribution in [0.1, 0.15) is 32.6 Å². The number of aliphatic hydroxyl groups is 1. The minimum atomic E-state index is -0.321. The van der Waals surface area contributed by atoms with E-state index in [0.717, 1.165) is 39.3 Å². The van der Waals surface area contributed by atoms with Crippen LogP contribution in [-0.2, 0) is 4.74 Å². The number of β-amino-alcohol motifs (C(OH)–C–C–N with tert-alkyl or cyclic N) is 1. The molecule has 1 N–H and O–H groups in total. The number of aliphatic hydroxyl groups excluding tert-OH is 1. The number of rotatable bonds is 6. The zero-order valence-corrected chi connectivity index (χ0v) is 11.7. The highest BCUT2D eigenvalue weighted by atomic mass is 16.5. The number of ether oxygens (including phenoxy) is 1. The highest BCUT2D eigenvalue weighted by Crippen LogP contribution is 2.20. The third-order valence-corrected chi connectivity index (χ3v) is 4.21. The Bertz CT molecular complexity index is 224. The Morgan fingerprint density at radius 2 is 1.72 bits per heavy atom. The van der Waals surface area contributed by atoms with Gasteiger partial charge in [-0.05, 0) is 19.4 Å². The molecule has 1 unspecified atom stereocenters. The molecule has 1 heterocycles. The minimum absolute atomic E-state index is 0.321. The summed E-state index contributed by atoms with van der Waals surface area (Å²) in [5, 5.41) is 10.0. The maximum absolute atomic E-state index is 10.0. The molecule has 2 rings (SSSR count). The third-order valence-electron chi connectivity index (χ3n) is 4.21. The van der Waals surface area contributed by atoms with Crippen LogP contribution in [0.15, 0.2) is 0 Å². The Hall–Kier alpha value is -0.160. The van der Waals surface area contributed by atoms with Crippen molar-refractivity contribution < 1.29 is 9.84 Å². The van der Waals surface area contributed by atoms with Crippen molar-refractivity contribution in [1.29, 1.82) is 0 Å². The topological polar surface area (TPSA) is 35.9 Å². The van der Waals surface area contributed by atoms with Gasteiger partial charge in [0.05, 0.1) is 18.8 Å². The van der Waals surface area contributed by atoms with Crippen LogP contribution in [0.2, 0.25) is 0 Å². The standard InChI is InChI=1S/C14H28N2O2/c1-2-15-7-9-16(10-8-15)11-13(17)12-18-14-5-3-4-6-14/h13-14,17H,2-12H2,1H3. The lowest BCUT2D eigenvalue weighted by Gasteiger charge is -2.35. The molecule has 18 heavy (non-hydrogen) atoms. The molecular formula is C14H28N2O2. The molecule has 106 valence electrons. The lowest BCUT2D eigenvalue weighted by atomic mass is 10.2. The van der Waals surface area contributed by atoms with Gasteiger partial charge in [0, 0.05) is 32.7 Å². The Balaban J connectivity index is 1.57. The van der Waals surface area contributed by atoms with E-state index in [0.29, 0.717) is 12.7 Å². The van der Waals surface area contributed by atoms with Gasteiger partial charge in [-0.3, -0.25) is 4.90 Å². The van der Waals surface area contributed by atoms with Gasteiger partial charge in [0.2, 0.25) is 0 Å². The van der Waals surface area contributed by atoms with Gasteiger partial charge >= 0.3 is 0 Å². The maximum atomic E-state index is 10.0. The molecule has 1 aliphatic heterocycles. The van der Waals surface area contributed by atoms with E-state index in [1.807, 2.05) is 0 Å². The van der Waals surface area contributed by atoms with Crippen LogP contribution in [0.5, 0.6) is 0 Å². The number of hydrogen-bond acceptors (Lipinski definition) is 4. The molecule has 0 spiro atoms. The van der Waals surface area contributed by atoms with Crippen LogP contribution in [0.4, 0.5) is 0 Å². The van der Waals surface area contributed by atoms with Crippen LogP contribution in [0.3, 0.4) is 0 Å². The van der Waals surface area contributed by atoms with Crippen LogP contribution in [0, 0.1) is 0 Å². The van der Waals surface area contributed by atoms with Crippen LogP contribution < -0.4 is 0 Å². The molecule has 2 fully saturated rings. The van der Waals surface area contributed by atoms with Gasteiger partial charge in [-0.1, -0.05) is 19.8 Å². The van der Waals surface area contributed by atoms with E-state index in [4.69, 9.17) is 4.74 Å². The van der Waals surface area contributed by atoms with Crippen molar-refractivity contribution in [2.24, 2.45) is 0 Å². The molecule has 0 aromatic heterocycles. The van der Waals surface area contributed by atoms with Gasteiger partial charge in [-0.25, -0.2) is 0 Å². The summed E-state index contributed by atoms with van der Waals surface area (Å²) in [5.74, 6) is 0. The summed E-state index contributed by atoms with van der Waals surface area (Å²) >= 11 is 0. The first-order valence-electron chi connectivity index (χ1n) is 7.52. The van der Waals surface area contributed by atoms with E-state index in [1.165, 1.54) is 25.7 Å². The summed E-state index contributed by atoms with van der Waals surface area (Å²) in [6, 6.07) is 0. The molecule has 1 aliphatic carbocycles. The Labute approximate surface area is 111 Å². The predicted molar refractivity (Wildman–Crippen MR) is 72.8 cm³/mol. The quantitative estimate of drug-likeness (QED) is 0.767. The summed E-state index contributed by atoms with van der Waals surface area (Å²) in [7, 11) is 0. The van der Waals surface area contributed by atoms with Gasteiger partial charge in [-0.15, -0.1) is 0 Å². The lowest BCUT2D eigenvalue weighted by molar-refractivity contribution is -0.0231. The molecule has 4 heteroatoms. The second-order valence-corrected chi connectivity index (χ2v) is 5.63. The summed E-state index contributed by atoms with van der Waals surface area (Å²) in [5.41, 5.74) is 0. The average molecular weight is 256 g/mol. The summed E-state index contributed by atoms with van der Waals surface area (Å²) in [4.78, 5) is 4.81. The average Bonchev–Trinajstić information content (AvgIpc) is 2.90. The van der Waals surface area contributed by atoms with Crippen LogP contribution in [0.25, 0.3) is 0 Å². The van der Waals surface area contributed by atoms with Crippen molar-refractivity contribution in [2.75, 3.05) is 45.9 Å². The minimum Gasteiger partial charge on any atom is -0.389 e. The van der Waals surface area contributed by atoms with Crippen molar-refractivity contribution in [3.05, 3.63) is 0 Å². The molecule has 0 aromatic carbocycles. The second-order valence-electron chi connectivity index (χ2n) is 5.63. The van der Waals surface area contributed by atoms with Gasteiger partial charge in [-0.2, -0.15) is 0 Å². The first-order valence-corrected chi connectivity index (χ1v) is 7.52. The molecule has 1 atom stereocenters. The van der Waals surface area contributed by atoms with E-state index >= 15 is 0 Å². The van der Waals surface area contributed by atoms with E-state index < -0.39 is 0 Å². The van der Waals surface area contributed by atoms with Gasteiger partial charge in [0.15, 0.2) is 0 Å². The first-order chi connectivity index (χ1) is 8.78. The van der Waals surface area contributed by atoms with Crippen molar-refractivity contribution in [1.82, 2.24) is 9.80 Å². The lowest BCUT2D eigenvalue weighted by Crippen LogP contribution is -2.48. The van der Waals surface area contributed by atoms with E-state index in [1.54, 1.807) is 0 Å². The highest BCUT2D eigenvalue weighted by molar-refractivity contribution is 4.74. The van der Waals surface area contributed by atoms with Crippen LogP contribution in [-0.4, -0.2) is 73.0 Å². The van der Waals surface area contributed by atoms with Gasteiger partial charge in [0.25, 0.3) is 0 Å². The SMILES string of the molecule is CCN1CCN(CC(O)COC2CCCC2)CC1. The Morgan fingerprint density at radius 1 is 1.11 bits per heavy atom. The van der Waals surface area contributed by atoms with Gasteiger partial charge < -0.3 is 14.7 Å². The first kappa shape index (κ1) is 14.3. The largest absolute Gasteiger partial charge is 0.389 e. The zero-order valence-electron chi connectivity index (χ0n) is 11.7. The fourth-order valence-electron chi connectivity index (χ4n) is 2.94. The fourth-order valence-corrected chi connectivity index (χ4v) is 2.94. The van der Waals surface area contributed by atoms with E-state index in [2.05, 4.69) is 16.7 Å². The monoisotopic (exact) mass is 256 g/mol. The maximum Gasteiger partial charge on any atom is 0.0900 e. The molecule has 0 bridgehead atoms. The van der Waals surface area contributed by atoms with Crippen LogP contribution >= 0.6 is 0 Å². The molecule has 4 nitrogen and oxygen atoms in total. The summed E-state index contributed by atoms with van der Waals surface area (Å²) in [6.45, 7) is 9.05. The van der Waals surface area contributed by atoms with Gasteiger partial charge in [0.1, 0.15) is 0 Å². The number of nitrogens with zero attached hydrogens (tertiary/aromatic N) is 2. The van der Waals surface area contributed by atoms with E-state index in [9.17, 15) is 5.11 Å². The number of likely N-dealkylation sites (N-methyl/N-ethyl adjacent to an activating group) is 1. The van der Waals surface area contributed by atoms with Crippen molar-refractivity contribution in [3.8, 4) is 0 Å². The Morgan fingerprint density at radius 3 is 2.33 bits per heavy atom. The molecule has 2 aliphatic rings. The normalized spacial score (nSPS) is 25.7. The zero-order chi connectivity index (χ0) is 12.8.